The van der Waals surface area contributed by atoms with Crippen LogP contribution in [0.4, 0.5) is 0 Å². The third-order valence-electron chi connectivity index (χ3n) is 5.23. The monoisotopic (exact) mass is 282 g/mol. The molecule has 0 radical (unpaired) electrons. The van der Waals surface area contributed by atoms with Crippen LogP contribution in [0.15, 0.2) is 12.3 Å². The van der Waals surface area contributed by atoms with Crippen LogP contribution in [0.25, 0.3) is 0 Å². The van der Waals surface area contributed by atoms with Crippen molar-refractivity contribution in [2.75, 3.05) is 0 Å². The van der Waals surface area contributed by atoms with Crippen LogP contribution < -0.4 is 0 Å². The summed E-state index contributed by atoms with van der Waals surface area (Å²) < 4.78 is 18.2. The van der Waals surface area contributed by atoms with Crippen molar-refractivity contribution in [2.24, 2.45) is 17.8 Å². The molecule has 2 aliphatic rings. The predicted molar refractivity (Wildman–Crippen MR) is 80.2 cm³/mol. The average molecular weight is 282 g/mol. The summed E-state index contributed by atoms with van der Waals surface area (Å²) in [4.78, 5) is 0. The van der Waals surface area contributed by atoms with Crippen LogP contribution in [-0.2, 0) is 14.2 Å². The van der Waals surface area contributed by atoms with Gasteiger partial charge in [0.2, 0.25) is 0 Å². The molecule has 0 spiro atoms. The molecule has 3 nitrogen and oxygen atoms in total. The zero-order valence-electron chi connectivity index (χ0n) is 13.5. The first-order chi connectivity index (χ1) is 9.58. The van der Waals surface area contributed by atoms with Gasteiger partial charge < -0.3 is 14.2 Å². The van der Waals surface area contributed by atoms with Crippen LogP contribution >= 0.6 is 0 Å². The molecule has 2 aliphatic heterocycles. The Bertz CT molecular complexity index is 326. The Kier molecular flexibility index (Phi) is 5.50. The summed E-state index contributed by atoms with van der Waals surface area (Å²) in [5.41, 5.74) is 0. The Morgan fingerprint density at radius 2 is 1.70 bits per heavy atom. The molecule has 0 aliphatic carbocycles. The van der Waals surface area contributed by atoms with E-state index in [1.165, 1.54) is 0 Å². The van der Waals surface area contributed by atoms with Gasteiger partial charge in [0.05, 0.1) is 12.4 Å². The van der Waals surface area contributed by atoms with Crippen LogP contribution in [0.1, 0.15) is 53.9 Å². The van der Waals surface area contributed by atoms with E-state index in [4.69, 9.17) is 14.2 Å². The third kappa shape index (κ3) is 3.20. The highest BCUT2D eigenvalue weighted by Gasteiger charge is 2.40. The lowest BCUT2D eigenvalue weighted by atomic mass is 9.78. The normalized spacial score (nSPS) is 45.1. The second kappa shape index (κ2) is 6.95. The van der Waals surface area contributed by atoms with Gasteiger partial charge in [-0.15, -0.1) is 0 Å². The van der Waals surface area contributed by atoms with Gasteiger partial charge in [0, 0.05) is 5.92 Å². The molecule has 0 aromatic rings. The van der Waals surface area contributed by atoms with Crippen LogP contribution in [0.5, 0.6) is 0 Å². The lowest BCUT2D eigenvalue weighted by Crippen LogP contribution is -2.48. The smallest absolute Gasteiger partial charge is 0.161 e. The quantitative estimate of drug-likeness (QED) is 0.776. The molecule has 0 aromatic carbocycles. The topological polar surface area (TPSA) is 27.7 Å². The maximum Gasteiger partial charge on any atom is 0.161 e. The van der Waals surface area contributed by atoms with Crippen molar-refractivity contribution in [1.82, 2.24) is 0 Å². The summed E-state index contributed by atoms with van der Waals surface area (Å²) in [7, 11) is 0. The van der Waals surface area contributed by atoms with E-state index in [2.05, 4.69) is 34.6 Å². The lowest BCUT2D eigenvalue weighted by molar-refractivity contribution is -0.274. The fraction of sp³-hybridized carbons (Fsp3) is 0.882. The van der Waals surface area contributed by atoms with E-state index >= 15 is 0 Å². The minimum absolute atomic E-state index is 0.0969. The lowest BCUT2D eigenvalue weighted by Gasteiger charge is -2.45. The minimum atomic E-state index is -0.0969. The number of rotatable bonds is 4. The van der Waals surface area contributed by atoms with E-state index in [9.17, 15) is 0 Å². The molecule has 7 unspecified atom stereocenters. The van der Waals surface area contributed by atoms with Crippen LogP contribution in [0.3, 0.4) is 0 Å². The van der Waals surface area contributed by atoms with Crippen LogP contribution in [-0.4, -0.2) is 24.6 Å². The van der Waals surface area contributed by atoms with Crippen molar-refractivity contribution in [3.63, 3.8) is 0 Å². The number of ether oxygens (including phenoxy) is 3. The molecule has 116 valence electrons. The van der Waals surface area contributed by atoms with Crippen molar-refractivity contribution in [3.05, 3.63) is 12.3 Å². The molecule has 2 rings (SSSR count). The average Bonchev–Trinajstić information content (AvgIpc) is 2.48. The highest BCUT2D eigenvalue weighted by molar-refractivity contribution is 4.90. The van der Waals surface area contributed by atoms with Gasteiger partial charge in [0.25, 0.3) is 0 Å². The fourth-order valence-electron chi connectivity index (χ4n) is 3.37. The van der Waals surface area contributed by atoms with E-state index < -0.39 is 0 Å². The fourth-order valence-corrected chi connectivity index (χ4v) is 3.37. The van der Waals surface area contributed by atoms with E-state index in [1.807, 2.05) is 6.08 Å². The second-order valence-corrected chi connectivity index (χ2v) is 6.39. The van der Waals surface area contributed by atoms with Crippen LogP contribution in [0.2, 0.25) is 0 Å². The van der Waals surface area contributed by atoms with Crippen molar-refractivity contribution >= 4 is 0 Å². The van der Waals surface area contributed by atoms with Crippen LogP contribution in [0, 0.1) is 17.8 Å². The summed E-state index contributed by atoms with van der Waals surface area (Å²) in [6, 6.07) is 0. The molecule has 20 heavy (non-hydrogen) atoms. The molecule has 2 heterocycles. The maximum absolute atomic E-state index is 6.30. The Morgan fingerprint density at radius 3 is 2.35 bits per heavy atom. The minimum Gasteiger partial charge on any atom is -0.496 e. The first-order valence-electron chi connectivity index (χ1n) is 8.19. The zero-order chi connectivity index (χ0) is 14.7. The van der Waals surface area contributed by atoms with Gasteiger partial charge in [0.15, 0.2) is 6.29 Å². The van der Waals surface area contributed by atoms with Gasteiger partial charge >= 0.3 is 0 Å². The van der Waals surface area contributed by atoms with Gasteiger partial charge in [-0.25, -0.2) is 0 Å². The number of hydrogen-bond acceptors (Lipinski definition) is 3. The number of hydrogen-bond donors (Lipinski definition) is 0. The Hall–Kier alpha value is -0.540. The SMILES string of the molecule is CCC1OC=CCC1OC1OC(CC)C(C)C(C)C1C. The van der Waals surface area contributed by atoms with Crippen molar-refractivity contribution in [3.8, 4) is 0 Å². The molecule has 1 saturated heterocycles. The summed E-state index contributed by atoms with van der Waals surface area (Å²) in [6.45, 7) is 11.2. The van der Waals surface area contributed by atoms with E-state index in [1.54, 1.807) is 6.26 Å². The van der Waals surface area contributed by atoms with Gasteiger partial charge in [-0.1, -0.05) is 34.6 Å². The Balaban J connectivity index is 2.02. The highest BCUT2D eigenvalue weighted by Crippen LogP contribution is 2.37. The molecule has 1 fully saturated rings. The molecule has 0 saturated carbocycles. The molecule has 0 N–H and O–H groups in total. The van der Waals surface area contributed by atoms with E-state index in [-0.39, 0.29) is 18.5 Å². The molecular formula is C17H30O3. The Morgan fingerprint density at radius 1 is 1.00 bits per heavy atom. The van der Waals surface area contributed by atoms with Crippen molar-refractivity contribution in [1.29, 1.82) is 0 Å². The molecule has 0 amide bonds. The second-order valence-electron chi connectivity index (χ2n) is 6.39. The molecular weight excluding hydrogens is 252 g/mol. The van der Waals surface area contributed by atoms with Crippen molar-refractivity contribution < 1.29 is 14.2 Å². The van der Waals surface area contributed by atoms with E-state index in [0.717, 1.165) is 19.3 Å². The summed E-state index contributed by atoms with van der Waals surface area (Å²) >= 11 is 0. The maximum atomic E-state index is 6.30. The first-order valence-corrected chi connectivity index (χ1v) is 8.19. The largest absolute Gasteiger partial charge is 0.496 e. The molecule has 3 heteroatoms. The van der Waals surface area contributed by atoms with Gasteiger partial charge in [0.1, 0.15) is 12.2 Å². The summed E-state index contributed by atoms with van der Waals surface area (Å²) in [5.74, 6) is 1.65. The first kappa shape index (κ1) is 15.8. The highest BCUT2D eigenvalue weighted by atomic mass is 16.7. The predicted octanol–water partition coefficient (Wildman–Crippen LogP) is 4.13. The third-order valence-corrected chi connectivity index (χ3v) is 5.23. The zero-order valence-corrected chi connectivity index (χ0v) is 13.5. The van der Waals surface area contributed by atoms with Gasteiger partial charge in [-0.05, 0) is 37.2 Å². The van der Waals surface area contributed by atoms with Gasteiger partial charge in [-0.2, -0.15) is 0 Å². The standard InChI is InChI=1S/C17H30O3/c1-6-14-12(4)11(3)13(5)17(19-14)20-16-9-8-10-18-15(16)7-2/h8,10-17H,6-7,9H2,1-5H3. The van der Waals surface area contributed by atoms with Crippen molar-refractivity contribution in [2.45, 2.75) is 78.5 Å². The van der Waals surface area contributed by atoms with Gasteiger partial charge in [-0.3, -0.25) is 0 Å². The Labute approximate surface area is 123 Å². The summed E-state index contributed by atoms with van der Waals surface area (Å²) in [5, 5.41) is 0. The van der Waals surface area contributed by atoms with E-state index in [0.29, 0.717) is 23.9 Å². The summed E-state index contributed by atoms with van der Waals surface area (Å²) in [6.07, 6.45) is 7.29. The molecule has 7 atom stereocenters. The molecule has 0 aromatic heterocycles. The molecule has 0 bridgehead atoms.